The summed E-state index contributed by atoms with van der Waals surface area (Å²) in [6.07, 6.45) is 6.21. The van der Waals surface area contributed by atoms with Crippen molar-refractivity contribution >= 4 is 11.5 Å². The minimum atomic E-state index is -0.377. The second kappa shape index (κ2) is 5.58. The largest absolute Gasteiger partial charge is 0.480 e. The maximum absolute atomic E-state index is 11.1. The molecule has 96 valence electrons. The lowest BCUT2D eigenvalue weighted by Crippen LogP contribution is -2.12. The van der Waals surface area contributed by atoms with Gasteiger partial charge in [-0.2, -0.15) is 0 Å². The number of methoxy groups -OCH3 is 1. The van der Waals surface area contributed by atoms with E-state index < -0.39 is 0 Å². The normalized spacial score (nSPS) is 10.6. The molecule has 0 N–H and O–H groups in total. The highest BCUT2D eigenvalue weighted by Crippen LogP contribution is 2.22. The monoisotopic (exact) mass is 247 g/mol. The van der Waals surface area contributed by atoms with E-state index in [9.17, 15) is 4.79 Å². The summed E-state index contributed by atoms with van der Waals surface area (Å²) < 4.78 is 12.0. The molecule has 0 aliphatic rings. The molecule has 2 aromatic rings. The molecule has 0 unspecified atom stereocenters. The van der Waals surface area contributed by atoms with Crippen LogP contribution in [0.5, 0.6) is 5.75 Å². The Morgan fingerprint density at radius 2 is 2.28 bits per heavy atom. The smallest absolute Gasteiger partial charge is 0.343 e. The Labute approximate surface area is 106 Å². The van der Waals surface area contributed by atoms with Crippen molar-refractivity contribution < 1.29 is 14.3 Å². The number of carbonyl (C=O) groups is 1. The molecule has 0 aliphatic heterocycles. The number of carbonyl (C=O) groups excluding carboxylic acids is 1. The first-order valence-electron chi connectivity index (χ1n) is 6.03. The van der Waals surface area contributed by atoms with E-state index in [2.05, 4.69) is 23.9 Å². The van der Waals surface area contributed by atoms with Crippen LogP contribution in [-0.4, -0.2) is 24.1 Å². The van der Waals surface area contributed by atoms with Gasteiger partial charge in [0.1, 0.15) is 5.75 Å². The van der Waals surface area contributed by atoms with Crippen LogP contribution in [0.1, 0.15) is 18.9 Å². The molecular weight excluding hydrogens is 230 g/mol. The van der Waals surface area contributed by atoms with Gasteiger partial charge < -0.3 is 13.9 Å². The lowest BCUT2D eigenvalue weighted by Gasteiger charge is -2.06. The van der Waals surface area contributed by atoms with Crippen LogP contribution in [-0.2, 0) is 16.0 Å². The predicted octanol–water partition coefficient (Wildman–Crippen LogP) is 2.44. The lowest BCUT2D eigenvalue weighted by atomic mass is 10.2. The topological polar surface area (TPSA) is 39.9 Å². The fraction of sp³-hybridized carbons (Fsp3) is 0.357. The molecule has 0 amide bonds. The van der Waals surface area contributed by atoms with Crippen molar-refractivity contribution in [3.63, 3.8) is 0 Å². The quantitative estimate of drug-likeness (QED) is 0.762. The molecule has 4 nitrogen and oxygen atoms in total. The lowest BCUT2D eigenvalue weighted by molar-refractivity contribution is -0.142. The standard InChI is InChI=1S/C14H17NO3/c1-3-5-11-8-12-13(18-10-14(16)17-2)6-4-7-15(12)9-11/h4,6-9H,3,5,10H2,1-2H3. The Hall–Kier alpha value is -1.97. The number of aryl methyl sites for hydroxylation is 1. The second-order valence-electron chi connectivity index (χ2n) is 4.13. The minimum Gasteiger partial charge on any atom is -0.480 e. The zero-order chi connectivity index (χ0) is 13.0. The fourth-order valence-electron chi connectivity index (χ4n) is 1.91. The molecule has 0 bridgehead atoms. The second-order valence-corrected chi connectivity index (χ2v) is 4.13. The highest BCUT2D eigenvalue weighted by molar-refractivity contribution is 5.71. The minimum absolute atomic E-state index is 0.0650. The summed E-state index contributed by atoms with van der Waals surface area (Å²) in [6.45, 7) is 2.08. The van der Waals surface area contributed by atoms with Crippen LogP contribution in [0.25, 0.3) is 5.52 Å². The molecule has 0 aliphatic carbocycles. The Kier molecular flexibility index (Phi) is 3.87. The summed E-state index contributed by atoms with van der Waals surface area (Å²) in [5.41, 5.74) is 2.25. The molecule has 2 rings (SSSR count). The number of fused-ring (bicyclic) bond motifs is 1. The third-order valence-corrected chi connectivity index (χ3v) is 2.76. The van der Waals surface area contributed by atoms with Gasteiger partial charge in [-0.25, -0.2) is 4.79 Å². The van der Waals surface area contributed by atoms with Crippen molar-refractivity contribution in [2.75, 3.05) is 13.7 Å². The van der Waals surface area contributed by atoms with Crippen LogP contribution < -0.4 is 4.74 Å². The summed E-state index contributed by atoms with van der Waals surface area (Å²) in [7, 11) is 1.35. The number of pyridine rings is 1. The van der Waals surface area contributed by atoms with E-state index in [1.54, 1.807) is 0 Å². The van der Waals surface area contributed by atoms with E-state index >= 15 is 0 Å². The van der Waals surface area contributed by atoms with Gasteiger partial charge in [-0.15, -0.1) is 0 Å². The number of ether oxygens (including phenoxy) is 2. The van der Waals surface area contributed by atoms with Gasteiger partial charge in [0, 0.05) is 12.4 Å². The predicted molar refractivity (Wildman–Crippen MR) is 68.9 cm³/mol. The van der Waals surface area contributed by atoms with Gasteiger partial charge in [0.05, 0.1) is 12.6 Å². The van der Waals surface area contributed by atoms with E-state index in [4.69, 9.17) is 4.74 Å². The summed E-state index contributed by atoms with van der Waals surface area (Å²) in [6, 6.07) is 5.85. The van der Waals surface area contributed by atoms with Gasteiger partial charge in [0.15, 0.2) is 6.61 Å². The molecule has 2 heterocycles. The molecule has 0 aromatic carbocycles. The molecule has 0 radical (unpaired) electrons. The van der Waals surface area contributed by atoms with Gasteiger partial charge in [0.25, 0.3) is 0 Å². The first-order valence-corrected chi connectivity index (χ1v) is 6.03. The van der Waals surface area contributed by atoms with Crippen LogP contribution >= 0.6 is 0 Å². The van der Waals surface area contributed by atoms with Crippen molar-refractivity contribution in [1.29, 1.82) is 0 Å². The van der Waals surface area contributed by atoms with E-state index in [1.165, 1.54) is 12.7 Å². The molecule has 0 saturated heterocycles. The van der Waals surface area contributed by atoms with Crippen molar-refractivity contribution in [1.82, 2.24) is 4.40 Å². The molecular formula is C14H17NO3. The average molecular weight is 247 g/mol. The highest BCUT2D eigenvalue weighted by atomic mass is 16.6. The van der Waals surface area contributed by atoms with Crippen molar-refractivity contribution in [3.05, 3.63) is 36.2 Å². The Morgan fingerprint density at radius 1 is 1.44 bits per heavy atom. The maximum Gasteiger partial charge on any atom is 0.343 e. The first kappa shape index (κ1) is 12.5. The molecule has 0 fully saturated rings. The average Bonchev–Trinajstić information content (AvgIpc) is 2.79. The highest BCUT2D eigenvalue weighted by Gasteiger charge is 2.07. The number of esters is 1. The van der Waals surface area contributed by atoms with Crippen LogP contribution in [0, 0.1) is 0 Å². The third kappa shape index (κ3) is 2.64. The molecule has 2 aromatic heterocycles. The number of nitrogens with zero attached hydrogens (tertiary/aromatic N) is 1. The number of hydrogen-bond donors (Lipinski definition) is 0. The van der Waals surface area contributed by atoms with Crippen molar-refractivity contribution in [2.24, 2.45) is 0 Å². The molecule has 4 heteroatoms. The number of rotatable bonds is 5. The zero-order valence-electron chi connectivity index (χ0n) is 10.7. The van der Waals surface area contributed by atoms with Gasteiger partial charge >= 0.3 is 5.97 Å². The van der Waals surface area contributed by atoms with E-state index in [0.29, 0.717) is 5.75 Å². The van der Waals surface area contributed by atoms with E-state index in [0.717, 1.165) is 18.4 Å². The third-order valence-electron chi connectivity index (χ3n) is 2.76. The molecule has 18 heavy (non-hydrogen) atoms. The number of hydrogen-bond acceptors (Lipinski definition) is 3. The first-order chi connectivity index (χ1) is 8.74. The summed E-state index contributed by atoms with van der Waals surface area (Å²) in [5, 5.41) is 0. The van der Waals surface area contributed by atoms with Gasteiger partial charge in [0.2, 0.25) is 0 Å². The van der Waals surface area contributed by atoms with E-state index in [-0.39, 0.29) is 12.6 Å². The Bertz CT molecular complexity index is 545. The summed E-state index contributed by atoms with van der Waals surface area (Å²) in [5.74, 6) is 0.322. The Balaban J connectivity index is 2.24. The summed E-state index contributed by atoms with van der Waals surface area (Å²) >= 11 is 0. The zero-order valence-corrected chi connectivity index (χ0v) is 10.7. The fourth-order valence-corrected chi connectivity index (χ4v) is 1.91. The molecule has 0 atom stereocenters. The maximum atomic E-state index is 11.1. The van der Waals surface area contributed by atoms with Gasteiger partial charge in [-0.05, 0) is 30.2 Å². The van der Waals surface area contributed by atoms with Crippen molar-refractivity contribution in [2.45, 2.75) is 19.8 Å². The van der Waals surface area contributed by atoms with Crippen LogP contribution in [0.4, 0.5) is 0 Å². The SMILES string of the molecule is CCCc1cc2c(OCC(=O)OC)cccn2c1. The summed E-state index contributed by atoms with van der Waals surface area (Å²) in [4.78, 5) is 11.1. The van der Waals surface area contributed by atoms with Crippen LogP contribution in [0.3, 0.4) is 0 Å². The van der Waals surface area contributed by atoms with Gasteiger partial charge in [-0.3, -0.25) is 0 Å². The van der Waals surface area contributed by atoms with Crippen molar-refractivity contribution in [3.8, 4) is 5.75 Å². The molecule has 0 spiro atoms. The number of aromatic nitrogens is 1. The van der Waals surface area contributed by atoms with E-state index in [1.807, 2.05) is 22.7 Å². The van der Waals surface area contributed by atoms with Gasteiger partial charge in [-0.1, -0.05) is 13.3 Å². The molecule has 0 saturated carbocycles. The van der Waals surface area contributed by atoms with Crippen LogP contribution in [0.15, 0.2) is 30.6 Å². The van der Waals surface area contributed by atoms with Crippen LogP contribution in [0.2, 0.25) is 0 Å². The Morgan fingerprint density at radius 3 is 3.00 bits per heavy atom.